The van der Waals surface area contributed by atoms with Crippen molar-refractivity contribution in [1.82, 2.24) is 25.3 Å². The zero-order chi connectivity index (χ0) is 18.3. The van der Waals surface area contributed by atoms with Crippen LogP contribution in [0.3, 0.4) is 0 Å². The lowest BCUT2D eigenvalue weighted by Gasteiger charge is -2.34. The van der Waals surface area contributed by atoms with E-state index in [1.54, 1.807) is 0 Å². The zero-order valence-electron chi connectivity index (χ0n) is 15.0. The molecule has 0 spiro atoms. The summed E-state index contributed by atoms with van der Waals surface area (Å²) >= 11 is 0. The minimum absolute atomic E-state index is 0.156. The summed E-state index contributed by atoms with van der Waals surface area (Å²) < 4.78 is 32.0. The molecular formula is C17H25F2N5O2. The van der Waals surface area contributed by atoms with Crippen LogP contribution in [-0.2, 0) is 4.79 Å². The van der Waals surface area contributed by atoms with E-state index in [9.17, 15) is 13.6 Å². The molecule has 144 valence electrons. The predicted molar refractivity (Wildman–Crippen MR) is 88.9 cm³/mol. The molecule has 1 aromatic rings. The van der Waals surface area contributed by atoms with Gasteiger partial charge in [-0.3, -0.25) is 9.69 Å². The summed E-state index contributed by atoms with van der Waals surface area (Å²) in [5, 5.41) is 7.10. The summed E-state index contributed by atoms with van der Waals surface area (Å²) in [5.74, 6) is -1.24. The number of piperidine rings is 1. The normalized spacial score (nSPS) is 30.2. The van der Waals surface area contributed by atoms with Gasteiger partial charge in [-0.25, -0.2) is 8.78 Å². The monoisotopic (exact) mass is 369 g/mol. The molecule has 3 aliphatic rings. The summed E-state index contributed by atoms with van der Waals surface area (Å²) in [7, 11) is 0. The van der Waals surface area contributed by atoms with Gasteiger partial charge in [0.25, 0.3) is 5.92 Å². The van der Waals surface area contributed by atoms with E-state index in [4.69, 9.17) is 4.52 Å². The average molecular weight is 369 g/mol. The SMILES string of the molecule is Cc1noc(C2CCN([C@@H]3CN[C@H](C(=O)N4CCC(F)(F)C4)C3)CC2)n1. The fourth-order valence-electron chi connectivity index (χ4n) is 4.32. The third-order valence-corrected chi connectivity index (χ3v) is 5.83. The van der Waals surface area contributed by atoms with Crippen LogP contribution in [-0.4, -0.2) is 76.6 Å². The van der Waals surface area contributed by atoms with E-state index in [1.165, 1.54) is 4.90 Å². The molecule has 4 heterocycles. The first-order chi connectivity index (χ1) is 12.4. The molecule has 26 heavy (non-hydrogen) atoms. The molecule has 0 radical (unpaired) electrons. The number of hydrogen-bond acceptors (Lipinski definition) is 6. The number of alkyl halides is 2. The van der Waals surface area contributed by atoms with E-state index < -0.39 is 12.5 Å². The smallest absolute Gasteiger partial charge is 0.267 e. The maximum absolute atomic E-state index is 13.3. The Morgan fingerprint density at radius 1 is 1.31 bits per heavy atom. The summed E-state index contributed by atoms with van der Waals surface area (Å²) in [6.45, 7) is 4.10. The Balaban J connectivity index is 1.27. The highest BCUT2D eigenvalue weighted by molar-refractivity contribution is 5.82. The Hall–Kier alpha value is -1.61. The maximum atomic E-state index is 13.3. The van der Waals surface area contributed by atoms with Gasteiger partial charge < -0.3 is 14.7 Å². The molecule has 9 heteroatoms. The Labute approximate surface area is 151 Å². The van der Waals surface area contributed by atoms with Gasteiger partial charge in [0.2, 0.25) is 11.8 Å². The Kier molecular flexibility index (Phi) is 4.68. The number of carbonyl (C=O) groups excluding carboxylic acids is 1. The second-order valence-corrected chi connectivity index (χ2v) is 7.71. The minimum atomic E-state index is -2.73. The number of aromatic nitrogens is 2. The Morgan fingerprint density at radius 2 is 2.08 bits per heavy atom. The molecule has 7 nitrogen and oxygen atoms in total. The highest BCUT2D eigenvalue weighted by Gasteiger charge is 2.44. The second-order valence-electron chi connectivity index (χ2n) is 7.71. The first-order valence-electron chi connectivity index (χ1n) is 9.35. The molecule has 0 aromatic carbocycles. The molecule has 3 saturated heterocycles. The topological polar surface area (TPSA) is 74.5 Å². The van der Waals surface area contributed by atoms with Crippen LogP contribution in [0.5, 0.6) is 0 Å². The molecule has 0 saturated carbocycles. The number of aryl methyl sites for hydroxylation is 1. The molecular weight excluding hydrogens is 344 g/mol. The Bertz CT molecular complexity index is 659. The third kappa shape index (κ3) is 3.59. The lowest BCUT2D eigenvalue weighted by atomic mass is 9.95. The van der Waals surface area contributed by atoms with E-state index in [-0.39, 0.29) is 31.0 Å². The molecule has 4 rings (SSSR count). The Morgan fingerprint density at radius 3 is 2.69 bits per heavy atom. The van der Waals surface area contributed by atoms with Gasteiger partial charge in [-0.05, 0) is 39.3 Å². The molecule has 0 bridgehead atoms. The highest BCUT2D eigenvalue weighted by Crippen LogP contribution is 2.31. The minimum Gasteiger partial charge on any atom is -0.339 e. The predicted octanol–water partition coefficient (Wildman–Crippen LogP) is 1.16. The standard InChI is InChI=1S/C17H25F2N5O2/c1-11-21-15(26-22-11)12-2-5-23(6-3-12)13-8-14(20-9-13)16(25)24-7-4-17(18,19)10-24/h12-14,20H,2-10H2,1H3/t13-,14-/m0/s1. The fourth-order valence-corrected chi connectivity index (χ4v) is 4.32. The van der Waals surface area contributed by atoms with Crippen LogP contribution in [0, 0.1) is 6.92 Å². The fraction of sp³-hybridized carbons (Fsp3) is 0.824. The number of likely N-dealkylation sites (tertiary alicyclic amines) is 2. The molecule has 1 amide bonds. The van der Waals surface area contributed by atoms with Gasteiger partial charge in [0.1, 0.15) is 0 Å². The van der Waals surface area contributed by atoms with Crippen molar-refractivity contribution in [3.8, 4) is 0 Å². The van der Waals surface area contributed by atoms with Crippen molar-refractivity contribution < 1.29 is 18.1 Å². The molecule has 1 N–H and O–H groups in total. The van der Waals surface area contributed by atoms with Crippen LogP contribution < -0.4 is 5.32 Å². The quantitative estimate of drug-likeness (QED) is 0.862. The molecule has 2 atom stereocenters. The highest BCUT2D eigenvalue weighted by atomic mass is 19.3. The van der Waals surface area contributed by atoms with Crippen LogP contribution in [0.2, 0.25) is 0 Å². The van der Waals surface area contributed by atoms with Gasteiger partial charge in [0.05, 0.1) is 12.6 Å². The van der Waals surface area contributed by atoms with Crippen molar-refractivity contribution in [2.45, 2.75) is 56.5 Å². The van der Waals surface area contributed by atoms with E-state index in [0.717, 1.165) is 38.4 Å². The van der Waals surface area contributed by atoms with Crippen LogP contribution in [0.4, 0.5) is 8.78 Å². The summed E-state index contributed by atoms with van der Waals surface area (Å²) in [5.41, 5.74) is 0. The molecule has 3 aliphatic heterocycles. The summed E-state index contributed by atoms with van der Waals surface area (Å²) in [6, 6.07) is -0.0670. The summed E-state index contributed by atoms with van der Waals surface area (Å²) in [6.07, 6.45) is 2.37. The first-order valence-corrected chi connectivity index (χ1v) is 9.35. The molecule has 3 fully saturated rings. The van der Waals surface area contributed by atoms with E-state index in [2.05, 4.69) is 20.4 Å². The molecule has 0 aliphatic carbocycles. The van der Waals surface area contributed by atoms with Gasteiger partial charge in [0, 0.05) is 31.5 Å². The van der Waals surface area contributed by atoms with Crippen molar-refractivity contribution in [2.24, 2.45) is 0 Å². The lowest BCUT2D eigenvalue weighted by molar-refractivity contribution is -0.133. The summed E-state index contributed by atoms with van der Waals surface area (Å²) in [4.78, 5) is 20.5. The van der Waals surface area contributed by atoms with Gasteiger partial charge in [-0.15, -0.1) is 0 Å². The maximum Gasteiger partial charge on any atom is 0.267 e. The van der Waals surface area contributed by atoms with E-state index in [0.29, 0.717) is 18.2 Å². The second kappa shape index (κ2) is 6.84. The number of rotatable bonds is 3. The number of halogens is 2. The van der Waals surface area contributed by atoms with E-state index >= 15 is 0 Å². The van der Waals surface area contributed by atoms with Crippen molar-refractivity contribution in [3.05, 3.63) is 11.7 Å². The number of nitrogens with one attached hydrogen (secondary N) is 1. The van der Waals surface area contributed by atoms with Gasteiger partial charge >= 0.3 is 0 Å². The van der Waals surface area contributed by atoms with Gasteiger partial charge in [-0.1, -0.05) is 5.16 Å². The van der Waals surface area contributed by atoms with Crippen LogP contribution in [0.15, 0.2) is 4.52 Å². The number of nitrogens with zero attached hydrogens (tertiary/aromatic N) is 4. The van der Waals surface area contributed by atoms with E-state index in [1.807, 2.05) is 6.92 Å². The van der Waals surface area contributed by atoms with Gasteiger partial charge in [0.15, 0.2) is 5.82 Å². The van der Waals surface area contributed by atoms with Crippen LogP contribution >= 0.6 is 0 Å². The van der Waals surface area contributed by atoms with Crippen molar-refractivity contribution in [3.63, 3.8) is 0 Å². The molecule has 1 aromatic heterocycles. The first kappa shape index (κ1) is 17.8. The van der Waals surface area contributed by atoms with Crippen molar-refractivity contribution in [2.75, 3.05) is 32.7 Å². The lowest BCUT2D eigenvalue weighted by Crippen LogP contribution is -2.43. The average Bonchev–Trinajstić information content (AvgIpc) is 3.34. The van der Waals surface area contributed by atoms with Crippen molar-refractivity contribution >= 4 is 5.91 Å². The zero-order valence-corrected chi connectivity index (χ0v) is 15.0. The largest absolute Gasteiger partial charge is 0.339 e. The number of amides is 1. The van der Waals surface area contributed by atoms with Crippen molar-refractivity contribution in [1.29, 1.82) is 0 Å². The number of carbonyl (C=O) groups is 1. The number of hydrogen-bond donors (Lipinski definition) is 1. The van der Waals surface area contributed by atoms with Crippen LogP contribution in [0.25, 0.3) is 0 Å². The van der Waals surface area contributed by atoms with Crippen LogP contribution in [0.1, 0.15) is 43.3 Å². The third-order valence-electron chi connectivity index (χ3n) is 5.83. The molecule has 0 unspecified atom stereocenters. The van der Waals surface area contributed by atoms with Gasteiger partial charge in [-0.2, -0.15) is 4.98 Å².